The van der Waals surface area contributed by atoms with E-state index in [1.165, 1.54) is 5.56 Å². The highest BCUT2D eigenvalue weighted by molar-refractivity contribution is 7.89. The molecule has 1 N–H and O–H groups in total. The molecule has 0 aliphatic heterocycles. The van der Waals surface area contributed by atoms with Crippen molar-refractivity contribution in [3.63, 3.8) is 0 Å². The van der Waals surface area contributed by atoms with E-state index in [0.29, 0.717) is 0 Å². The van der Waals surface area contributed by atoms with Gasteiger partial charge in [-0.15, -0.1) is 0 Å². The number of aryl methyl sites for hydroxylation is 2. The van der Waals surface area contributed by atoms with Crippen LogP contribution in [0, 0.1) is 13.8 Å². The fourth-order valence-electron chi connectivity index (χ4n) is 2.73. The van der Waals surface area contributed by atoms with Crippen LogP contribution in [-0.2, 0) is 10.0 Å². The minimum atomic E-state index is -3.60. The predicted molar refractivity (Wildman–Crippen MR) is 107 cm³/mol. The Kier molecular flexibility index (Phi) is 5.68. The van der Waals surface area contributed by atoms with E-state index in [2.05, 4.69) is 4.72 Å². The second-order valence-corrected chi connectivity index (χ2v) is 8.13. The number of benzene rings is 3. The van der Waals surface area contributed by atoms with Crippen molar-refractivity contribution in [1.82, 2.24) is 4.72 Å². The van der Waals surface area contributed by atoms with E-state index in [0.717, 1.165) is 27.8 Å². The van der Waals surface area contributed by atoms with Gasteiger partial charge in [0, 0.05) is 6.54 Å². The van der Waals surface area contributed by atoms with Crippen molar-refractivity contribution in [1.29, 1.82) is 0 Å². The molecule has 0 amide bonds. The summed E-state index contributed by atoms with van der Waals surface area (Å²) in [5, 5.41) is 1.76. The molecule has 0 aromatic heterocycles. The van der Waals surface area contributed by atoms with Crippen LogP contribution in [0.4, 0.5) is 0 Å². The highest BCUT2D eigenvalue weighted by Gasteiger charge is 2.14. The molecule has 3 rings (SSSR count). The van der Waals surface area contributed by atoms with Gasteiger partial charge in [-0.1, -0.05) is 18.2 Å². The quantitative estimate of drug-likeness (QED) is 0.628. The van der Waals surface area contributed by atoms with Gasteiger partial charge in [-0.05, 0) is 72.1 Å². The smallest absolute Gasteiger partial charge is 0.240 e. The number of hydrogen-bond acceptors (Lipinski definition) is 4. The standard InChI is InChI=1S/C21H23NO4S/c1-15-4-7-20(12-16(15)2)26-11-10-22-27(23,24)21-9-6-17-13-19(25-3)8-5-18(17)14-21/h4-9,12-14,22H,10-11H2,1-3H3. The van der Waals surface area contributed by atoms with Crippen LogP contribution >= 0.6 is 0 Å². The molecule has 142 valence electrons. The molecule has 0 aliphatic carbocycles. The Labute approximate surface area is 160 Å². The molecule has 6 heteroatoms. The van der Waals surface area contributed by atoms with Crippen LogP contribution in [0.15, 0.2) is 59.5 Å². The molecule has 27 heavy (non-hydrogen) atoms. The Balaban J connectivity index is 1.63. The molecule has 0 fully saturated rings. The van der Waals surface area contributed by atoms with Crippen molar-refractivity contribution in [3.05, 3.63) is 65.7 Å². The zero-order valence-electron chi connectivity index (χ0n) is 15.7. The van der Waals surface area contributed by atoms with Crippen molar-refractivity contribution in [3.8, 4) is 11.5 Å². The van der Waals surface area contributed by atoms with Crippen LogP contribution in [0.3, 0.4) is 0 Å². The summed E-state index contributed by atoms with van der Waals surface area (Å²) in [6.07, 6.45) is 0. The summed E-state index contributed by atoms with van der Waals surface area (Å²) in [6.45, 7) is 4.50. The number of hydrogen-bond donors (Lipinski definition) is 1. The van der Waals surface area contributed by atoms with E-state index >= 15 is 0 Å². The second-order valence-electron chi connectivity index (χ2n) is 6.37. The summed E-state index contributed by atoms with van der Waals surface area (Å²) in [4.78, 5) is 0.228. The summed E-state index contributed by atoms with van der Waals surface area (Å²) >= 11 is 0. The third-order valence-electron chi connectivity index (χ3n) is 4.47. The number of sulfonamides is 1. The average Bonchev–Trinajstić information content (AvgIpc) is 2.67. The molecule has 0 spiro atoms. The molecule has 0 unspecified atom stereocenters. The maximum Gasteiger partial charge on any atom is 0.240 e. The minimum Gasteiger partial charge on any atom is -0.497 e. The Morgan fingerprint density at radius 2 is 1.56 bits per heavy atom. The normalized spacial score (nSPS) is 11.5. The van der Waals surface area contributed by atoms with Gasteiger partial charge in [-0.3, -0.25) is 0 Å². The Morgan fingerprint density at radius 1 is 0.852 bits per heavy atom. The van der Waals surface area contributed by atoms with Crippen molar-refractivity contribution < 1.29 is 17.9 Å². The van der Waals surface area contributed by atoms with Crippen LogP contribution in [0.1, 0.15) is 11.1 Å². The van der Waals surface area contributed by atoms with Gasteiger partial charge in [0.25, 0.3) is 0 Å². The van der Waals surface area contributed by atoms with Crippen LogP contribution in [0.2, 0.25) is 0 Å². The van der Waals surface area contributed by atoms with Gasteiger partial charge in [0.2, 0.25) is 10.0 Å². The predicted octanol–water partition coefficient (Wildman–Crippen LogP) is 3.82. The maximum absolute atomic E-state index is 12.5. The SMILES string of the molecule is COc1ccc2cc(S(=O)(=O)NCCOc3ccc(C)c(C)c3)ccc2c1. The molecule has 0 saturated heterocycles. The first-order valence-corrected chi connectivity index (χ1v) is 10.1. The summed E-state index contributed by atoms with van der Waals surface area (Å²) in [7, 11) is -2.00. The number of methoxy groups -OCH3 is 1. The fraction of sp³-hybridized carbons (Fsp3) is 0.238. The monoisotopic (exact) mass is 385 g/mol. The highest BCUT2D eigenvalue weighted by Crippen LogP contribution is 2.23. The zero-order valence-corrected chi connectivity index (χ0v) is 16.5. The number of rotatable bonds is 7. The van der Waals surface area contributed by atoms with Gasteiger partial charge in [0.1, 0.15) is 18.1 Å². The number of ether oxygens (including phenoxy) is 2. The van der Waals surface area contributed by atoms with Crippen LogP contribution in [0.5, 0.6) is 11.5 Å². The molecule has 0 radical (unpaired) electrons. The molecule has 0 heterocycles. The lowest BCUT2D eigenvalue weighted by molar-refractivity contribution is 0.322. The first-order valence-electron chi connectivity index (χ1n) is 8.66. The van der Waals surface area contributed by atoms with Gasteiger partial charge in [-0.2, -0.15) is 0 Å². The molecule has 5 nitrogen and oxygen atoms in total. The van der Waals surface area contributed by atoms with E-state index in [-0.39, 0.29) is 18.0 Å². The van der Waals surface area contributed by atoms with Crippen molar-refractivity contribution >= 4 is 20.8 Å². The Morgan fingerprint density at radius 3 is 2.30 bits per heavy atom. The van der Waals surface area contributed by atoms with Crippen LogP contribution in [0.25, 0.3) is 10.8 Å². The fourth-order valence-corrected chi connectivity index (χ4v) is 3.78. The van der Waals surface area contributed by atoms with Crippen molar-refractivity contribution in [2.45, 2.75) is 18.7 Å². The van der Waals surface area contributed by atoms with E-state index in [9.17, 15) is 8.42 Å². The van der Waals surface area contributed by atoms with E-state index in [4.69, 9.17) is 9.47 Å². The summed E-state index contributed by atoms with van der Waals surface area (Å²) in [5.74, 6) is 1.47. The molecule has 0 aliphatic rings. The van der Waals surface area contributed by atoms with Gasteiger partial charge in [0.15, 0.2) is 0 Å². The topological polar surface area (TPSA) is 64.6 Å². The van der Waals surface area contributed by atoms with Crippen molar-refractivity contribution in [2.75, 3.05) is 20.3 Å². The molecule has 0 bridgehead atoms. The summed E-state index contributed by atoms with van der Waals surface area (Å²) < 4.78 is 38.4. The Hall–Kier alpha value is -2.57. The lowest BCUT2D eigenvalue weighted by Crippen LogP contribution is -2.28. The largest absolute Gasteiger partial charge is 0.497 e. The van der Waals surface area contributed by atoms with E-state index in [1.54, 1.807) is 25.3 Å². The van der Waals surface area contributed by atoms with Gasteiger partial charge in [0.05, 0.1) is 12.0 Å². The van der Waals surface area contributed by atoms with Gasteiger partial charge < -0.3 is 9.47 Å². The summed E-state index contributed by atoms with van der Waals surface area (Å²) in [6, 6.07) is 16.4. The molecular weight excluding hydrogens is 362 g/mol. The third-order valence-corrected chi connectivity index (χ3v) is 5.93. The number of fused-ring (bicyclic) bond motifs is 1. The van der Waals surface area contributed by atoms with Crippen molar-refractivity contribution in [2.24, 2.45) is 0 Å². The first kappa shape index (κ1) is 19.2. The van der Waals surface area contributed by atoms with E-state index < -0.39 is 10.0 Å². The van der Waals surface area contributed by atoms with Crippen LogP contribution in [-0.4, -0.2) is 28.7 Å². The minimum absolute atomic E-state index is 0.190. The lowest BCUT2D eigenvalue weighted by Gasteiger charge is -2.10. The molecule has 0 saturated carbocycles. The average molecular weight is 385 g/mol. The van der Waals surface area contributed by atoms with Gasteiger partial charge in [-0.25, -0.2) is 13.1 Å². The third kappa shape index (κ3) is 4.59. The Bertz CT molecular complexity index is 1060. The number of nitrogens with one attached hydrogen (secondary N) is 1. The first-order chi connectivity index (χ1) is 12.9. The molecule has 3 aromatic rings. The summed E-state index contributed by atoms with van der Waals surface area (Å²) in [5.41, 5.74) is 2.33. The highest BCUT2D eigenvalue weighted by atomic mass is 32.2. The van der Waals surface area contributed by atoms with Gasteiger partial charge >= 0.3 is 0 Å². The molecule has 3 aromatic carbocycles. The molecular formula is C21H23NO4S. The zero-order chi connectivity index (χ0) is 19.4. The second kappa shape index (κ2) is 7.98. The lowest BCUT2D eigenvalue weighted by atomic mass is 10.1. The maximum atomic E-state index is 12.5. The van der Waals surface area contributed by atoms with E-state index in [1.807, 2.05) is 50.2 Å². The van der Waals surface area contributed by atoms with Crippen LogP contribution < -0.4 is 14.2 Å². The molecule has 0 atom stereocenters.